The molecular formula is C19H22N2O3. The van der Waals surface area contributed by atoms with Gasteiger partial charge in [0, 0.05) is 25.5 Å². The number of rotatable bonds is 5. The van der Waals surface area contributed by atoms with Gasteiger partial charge in [-0.1, -0.05) is 29.8 Å². The smallest absolute Gasteiger partial charge is 0.325 e. The van der Waals surface area contributed by atoms with E-state index in [1.54, 1.807) is 12.4 Å². The first-order valence-corrected chi connectivity index (χ1v) is 8.23. The molecule has 1 N–H and O–H groups in total. The highest BCUT2D eigenvalue weighted by Crippen LogP contribution is 2.27. The molecular weight excluding hydrogens is 304 g/mol. The average Bonchev–Trinajstić information content (AvgIpc) is 2.57. The summed E-state index contributed by atoms with van der Waals surface area (Å²) in [5, 5.41) is 9.69. The standard InChI is InChI=1S/C19H22N2O3/c1-14-3-2-4-15(13-14)18(19(22)23)21-11-7-17(8-12-21)24-16-5-9-20-10-6-16/h2-6,9-10,13,17-18H,7-8,11-12H2,1H3,(H,22,23). The zero-order valence-corrected chi connectivity index (χ0v) is 13.8. The Morgan fingerprint density at radius 3 is 2.58 bits per heavy atom. The number of hydrogen-bond acceptors (Lipinski definition) is 4. The zero-order chi connectivity index (χ0) is 16.9. The minimum atomic E-state index is -0.797. The third-order valence-electron chi connectivity index (χ3n) is 4.39. The minimum absolute atomic E-state index is 0.121. The van der Waals surface area contributed by atoms with Gasteiger partial charge in [-0.15, -0.1) is 0 Å². The molecule has 0 spiro atoms. The van der Waals surface area contributed by atoms with E-state index in [1.165, 1.54) is 0 Å². The lowest BCUT2D eigenvalue weighted by Crippen LogP contribution is -2.43. The second kappa shape index (κ2) is 7.45. The van der Waals surface area contributed by atoms with Gasteiger partial charge in [-0.3, -0.25) is 14.7 Å². The summed E-state index contributed by atoms with van der Waals surface area (Å²) in [5.74, 6) is 0.0195. The number of aryl methyl sites for hydroxylation is 1. The van der Waals surface area contributed by atoms with E-state index in [1.807, 2.05) is 48.2 Å². The molecule has 126 valence electrons. The maximum atomic E-state index is 11.8. The summed E-state index contributed by atoms with van der Waals surface area (Å²) in [4.78, 5) is 17.8. The molecule has 0 saturated carbocycles. The van der Waals surface area contributed by atoms with Crippen molar-refractivity contribution in [1.82, 2.24) is 9.88 Å². The van der Waals surface area contributed by atoms with Gasteiger partial charge in [0.1, 0.15) is 17.9 Å². The monoisotopic (exact) mass is 326 g/mol. The third kappa shape index (κ3) is 3.92. The van der Waals surface area contributed by atoms with E-state index in [2.05, 4.69) is 4.98 Å². The molecule has 0 radical (unpaired) electrons. The molecule has 1 atom stereocenters. The normalized spacial score (nSPS) is 17.4. The Balaban J connectivity index is 1.64. The Hall–Kier alpha value is -2.40. The fourth-order valence-electron chi connectivity index (χ4n) is 3.21. The lowest BCUT2D eigenvalue weighted by molar-refractivity contribution is -0.144. The van der Waals surface area contributed by atoms with E-state index in [0.717, 1.165) is 29.7 Å². The second-order valence-corrected chi connectivity index (χ2v) is 6.19. The number of aliphatic carboxylic acids is 1. The van der Waals surface area contributed by atoms with Crippen LogP contribution < -0.4 is 4.74 Å². The summed E-state index contributed by atoms with van der Waals surface area (Å²) in [6.45, 7) is 3.40. The molecule has 3 rings (SSSR count). The zero-order valence-electron chi connectivity index (χ0n) is 13.8. The van der Waals surface area contributed by atoms with Gasteiger partial charge in [-0.2, -0.15) is 0 Å². The van der Waals surface area contributed by atoms with E-state index in [4.69, 9.17) is 4.74 Å². The number of likely N-dealkylation sites (tertiary alicyclic amines) is 1. The molecule has 5 heteroatoms. The van der Waals surface area contributed by atoms with E-state index >= 15 is 0 Å². The highest BCUT2D eigenvalue weighted by molar-refractivity contribution is 5.75. The number of carboxylic acid groups (broad SMARTS) is 1. The molecule has 2 heterocycles. The Morgan fingerprint density at radius 1 is 1.25 bits per heavy atom. The van der Waals surface area contributed by atoms with E-state index in [9.17, 15) is 9.90 Å². The number of hydrogen-bond donors (Lipinski definition) is 1. The number of ether oxygens (including phenoxy) is 1. The Kier molecular flexibility index (Phi) is 5.11. The summed E-state index contributed by atoms with van der Waals surface area (Å²) in [7, 11) is 0. The predicted molar refractivity (Wildman–Crippen MR) is 91.0 cm³/mol. The van der Waals surface area contributed by atoms with Crippen molar-refractivity contribution in [3.63, 3.8) is 0 Å². The van der Waals surface area contributed by atoms with Crippen molar-refractivity contribution in [1.29, 1.82) is 0 Å². The molecule has 0 aliphatic carbocycles. The Morgan fingerprint density at radius 2 is 1.96 bits per heavy atom. The molecule has 1 aliphatic rings. The number of aromatic nitrogens is 1. The molecule has 0 bridgehead atoms. The minimum Gasteiger partial charge on any atom is -0.490 e. The Bertz CT molecular complexity index is 682. The molecule has 1 fully saturated rings. The van der Waals surface area contributed by atoms with Gasteiger partial charge in [0.15, 0.2) is 0 Å². The summed E-state index contributed by atoms with van der Waals surface area (Å²) in [6, 6.07) is 10.9. The molecule has 1 aromatic carbocycles. The number of benzene rings is 1. The van der Waals surface area contributed by atoms with E-state index in [-0.39, 0.29) is 6.10 Å². The molecule has 1 unspecified atom stereocenters. The van der Waals surface area contributed by atoms with Crippen LogP contribution >= 0.6 is 0 Å². The summed E-state index contributed by atoms with van der Waals surface area (Å²) >= 11 is 0. The maximum absolute atomic E-state index is 11.8. The van der Waals surface area contributed by atoms with E-state index in [0.29, 0.717) is 13.1 Å². The predicted octanol–water partition coefficient (Wildman–Crippen LogP) is 3.06. The van der Waals surface area contributed by atoms with Gasteiger partial charge in [-0.05, 0) is 37.5 Å². The van der Waals surface area contributed by atoms with Crippen molar-refractivity contribution < 1.29 is 14.6 Å². The van der Waals surface area contributed by atoms with Gasteiger partial charge in [0.2, 0.25) is 0 Å². The molecule has 0 amide bonds. The van der Waals surface area contributed by atoms with Gasteiger partial charge in [0.25, 0.3) is 0 Å². The number of piperidine rings is 1. The number of pyridine rings is 1. The summed E-state index contributed by atoms with van der Waals surface area (Å²) in [5.41, 5.74) is 1.92. The summed E-state index contributed by atoms with van der Waals surface area (Å²) < 4.78 is 5.95. The van der Waals surface area contributed by atoms with Crippen molar-refractivity contribution >= 4 is 5.97 Å². The first-order valence-electron chi connectivity index (χ1n) is 8.23. The van der Waals surface area contributed by atoms with Crippen LogP contribution in [0.3, 0.4) is 0 Å². The first-order chi connectivity index (χ1) is 11.6. The molecule has 2 aromatic rings. The maximum Gasteiger partial charge on any atom is 0.325 e. The van der Waals surface area contributed by atoms with Crippen LogP contribution in [0.1, 0.15) is 30.0 Å². The number of carbonyl (C=O) groups is 1. The highest BCUT2D eigenvalue weighted by Gasteiger charge is 2.31. The largest absolute Gasteiger partial charge is 0.490 e. The van der Waals surface area contributed by atoms with Crippen molar-refractivity contribution in [3.8, 4) is 5.75 Å². The third-order valence-corrected chi connectivity index (χ3v) is 4.39. The van der Waals surface area contributed by atoms with Gasteiger partial charge in [0.05, 0.1) is 0 Å². The van der Waals surface area contributed by atoms with Crippen LogP contribution in [0.2, 0.25) is 0 Å². The van der Waals surface area contributed by atoms with Gasteiger partial charge >= 0.3 is 5.97 Å². The molecule has 5 nitrogen and oxygen atoms in total. The SMILES string of the molecule is Cc1cccc(C(C(=O)O)N2CCC(Oc3ccncc3)CC2)c1. The molecule has 1 saturated heterocycles. The van der Waals surface area contributed by atoms with Crippen molar-refractivity contribution in [2.45, 2.75) is 31.9 Å². The van der Waals surface area contributed by atoms with Gasteiger partial charge < -0.3 is 9.84 Å². The van der Waals surface area contributed by atoms with Crippen LogP contribution in [0.4, 0.5) is 0 Å². The molecule has 1 aromatic heterocycles. The summed E-state index contributed by atoms with van der Waals surface area (Å²) in [6.07, 6.45) is 5.18. The van der Waals surface area contributed by atoms with Crippen LogP contribution in [0.5, 0.6) is 5.75 Å². The van der Waals surface area contributed by atoms with Crippen molar-refractivity contribution in [2.24, 2.45) is 0 Å². The molecule has 1 aliphatic heterocycles. The molecule has 24 heavy (non-hydrogen) atoms. The van der Waals surface area contributed by atoms with Crippen molar-refractivity contribution in [3.05, 3.63) is 59.9 Å². The van der Waals surface area contributed by atoms with Crippen LogP contribution in [-0.2, 0) is 4.79 Å². The second-order valence-electron chi connectivity index (χ2n) is 6.19. The topological polar surface area (TPSA) is 62.7 Å². The van der Waals surface area contributed by atoms with Gasteiger partial charge in [-0.25, -0.2) is 0 Å². The Labute approximate surface area is 141 Å². The number of nitrogens with zero attached hydrogens (tertiary/aromatic N) is 2. The van der Waals surface area contributed by atoms with Crippen LogP contribution in [0.15, 0.2) is 48.8 Å². The highest BCUT2D eigenvalue weighted by atomic mass is 16.5. The lowest BCUT2D eigenvalue weighted by Gasteiger charge is -2.35. The fourth-order valence-corrected chi connectivity index (χ4v) is 3.21. The van der Waals surface area contributed by atoms with E-state index < -0.39 is 12.0 Å². The number of carboxylic acids is 1. The van der Waals surface area contributed by atoms with Crippen LogP contribution in [0.25, 0.3) is 0 Å². The first kappa shape index (κ1) is 16.5. The lowest BCUT2D eigenvalue weighted by atomic mass is 9.99. The average molecular weight is 326 g/mol. The van der Waals surface area contributed by atoms with Crippen LogP contribution in [0, 0.1) is 6.92 Å². The van der Waals surface area contributed by atoms with Crippen LogP contribution in [-0.4, -0.2) is 40.2 Å². The van der Waals surface area contributed by atoms with Crippen molar-refractivity contribution in [2.75, 3.05) is 13.1 Å². The quantitative estimate of drug-likeness (QED) is 0.915. The fraction of sp³-hybridized carbons (Fsp3) is 0.368.